The van der Waals surface area contributed by atoms with Crippen molar-refractivity contribution in [1.82, 2.24) is 4.72 Å². The fourth-order valence-electron chi connectivity index (χ4n) is 2.53. The minimum atomic E-state index is -5.08. The molecule has 222 valence electrons. The minimum absolute atomic E-state index is 0.192. The molecule has 0 unspecified atom stereocenters. The van der Waals surface area contributed by atoms with Gasteiger partial charge in [-0.15, -0.1) is 0 Å². The summed E-state index contributed by atoms with van der Waals surface area (Å²) < 4.78 is 91.5. The van der Waals surface area contributed by atoms with Gasteiger partial charge in [0.05, 0.1) is 11.1 Å². The zero-order valence-corrected chi connectivity index (χ0v) is 22.4. The summed E-state index contributed by atoms with van der Waals surface area (Å²) in [6.45, 7) is 0.533. The van der Waals surface area contributed by atoms with Crippen LogP contribution in [0.1, 0.15) is 12.0 Å². The number of hydrogen-bond acceptors (Lipinski definition) is 7. The average Bonchev–Trinajstić information content (AvgIpc) is 2.83. The number of alkyl halides is 3. The molecular formula is C21H22BrF5N4O8S. The van der Waals surface area contributed by atoms with E-state index < -0.39 is 50.7 Å². The van der Waals surface area contributed by atoms with Gasteiger partial charge in [-0.05, 0) is 57.3 Å². The van der Waals surface area contributed by atoms with Gasteiger partial charge in [0.15, 0.2) is 0 Å². The van der Waals surface area contributed by atoms with Gasteiger partial charge in [-0.2, -0.15) is 17.9 Å². The minimum Gasteiger partial charge on any atom is -0.493 e. The fraction of sp³-hybridized carbons (Fsp3) is 0.286. The van der Waals surface area contributed by atoms with Crippen LogP contribution in [0.5, 0.6) is 5.75 Å². The summed E-state index contributed by atoms with van der Waals surface area (Å²) in [5, 5.41) is 19.9. The molecule has 0 amide bonds. The zero-order chi connectivity index (χ0) is 30.7. The number of nitrogens with one attached hydrogen (secondary N) is 1. The summed E-state index contributed by atoms with van der Waals surface area (Å²) >= 11 is 2.75. The Labute approximate surface area is 231 Å². The van der Waals surface area contributed by atoms with Gasteiger partial charge in [0.2, 0.25) is 16.0 Å². The molecule has 2 aromatic rings. The number of aliphatic carboxylic acids is 2. The number of sulfonamides is 1. The van der Waals surface area contributed by atoms with Crippen LogP contribution in [-0.4, -0.2) is 62.0 Å². The lowest BCUT2D eigenvalue weighted by molar-refractivity contribution is -0.192. The third-order valence-electron chi connectivity index (χ3n) is 4.28. The van der Waals surface area contributed by atoms with Crippen LogP contribution in [0.25, 0.3) is 0 Å². The maximum Gasteiger partial charge on any atom is 0.490 e. The van der Waals surface area contributed by atoms with E-state index in [1.807, 2.05) is 4.72 Å². The molecule has 0 saturated carbocycles. The van der Waals surface area contributed by atoms with Crippen LogP contribution in [0.15, 0.2) is 50.9 Å². The fourth-order valence-corrected chi connectivity index (χ4v) is 4.11. The average molecular weight is 665 g/mol. The maximum atomic E-state index is 14.1. The predicted molar refractivity (Wildman–Crippen MR) is 132 cm³/mol. The number of guanidine groups is 1. The van der Waals surface area contributed by atoms with E-state index in [2.05, 4.69) is 21.1 Å². The molecule has 0 saturated heterocycles. The van der Waals surface area contributed by atoms with E-state index in [4.69, 9.17) is 30.9 Å². The van der Waals surface area contributed by atoms with Crippen molar-refractivity contribution in [2.24, 2.45) is 16.6 Å². The monoisotopic (exact) mass is 664 g/mol. The van der Waals surface area contributed by atoms with E-state index >= 15 is 0 Å². The molecule has 0 aliphatic heterocycles. The topological polar surface area (TPSA) is 204 Å². The van der Waals surface area contributed by atoms with Gasteiger partial charge in [-0.3, -0.25) is 4.79 Å². The summed E-state index contributed by atoms with van der Waals surface area (Å²) in [4.78, 5) is 24.3. The van der Waals surface area contributed by atoms with E-state index in [1.54, 1.807) is 24.3 Å². The van der Waals surface area contributed by atoms with Crippen LogP contribution < -0.4 is 20.9 Å². The third-order valence-corrected chi connectivity index (χ3v) is 6.38. The van der Waals surface area contributed by atoms with Gasteiger partial charge in [0.1, 0.15) is 34.9 Å². The Morgan fingerprint density at radius 1 is 1.05 bits per heavy atom. The highest BCUT2D eigenvalue weighted by atomic mass is 79.9. The number of carbonyl (C=O) groups is 2. The zero-order valence-electron chi connectivity index (χ0n) is 20.0. The second kappa shape index (κ2) is 15.2. The highest BCUT2D eigenvalue weighted by molar-refractivity contribution is 9.10. The number of nitrogens with two attached hydrogens (primary N) is 2. The Balaban J connectivity index is 0.00000101. The molecular weight excluding hydrogens is 643 g/mol. The van der Waals surface area contributed by atoms with Gasteiger partial charge in [0.25, 0.3) is 0 Å². The molecule has 2 rings (SSSR count). The number of carboxylic acids is 2. The molecule has 0 spiro atoms. The molecule has 0 fully saturated rings. The van der Waals surface area contributed by atoms with E-state index in [0.717, 1.165) is 0 Å². The SMILES string of the molecule is NC(N)=NOCCCOc1ccc(C[C@H](NS(=O)(=O)c2cc(F)c(Br)cc2F)C(=O)O)cc1.O=C(O)C(F)(F)F. The first-order valence-electron chi connectivity index (χ1n) is 10.6. The van der Waals surface area contributed by atoms with Crippen LogP contribution in [-0.2, 0) is 30.9 Å². The molecule has 1 atom stereocenters. The Kier molecular flexibility index (Phi) is 13.0. The van der Waals surface area contributed by atoms with Crippen molar-refractivity contribution in [3.8, 4) is 5.75 Å². The van der Waals surface area contributed by atoms with Crippen LogP contribution in [0.4, 0.5) is 22.0 Å². The summed E-state index contributed by atoms with van der Waals surface area (Å²) in [6, 6.07) is 5.73. The molecule has 0 aliphatic rings. The van der Waals surface area contributed by atoms with Crippen LogP contribution >= 0.6 is 15.9 Å². The normalized spacial score (nSPS) is 11.9. The van der Waals surface area contributed by atoms with E-state index in [9.17, 15) is 40.3 Å². The number of halogens is 6. The van der Waals surface area contributed by atoms with Crippen molar-refractivity contribution in [2.75, 3.05) is 13.2 Å². The second-order valence-electron chi connectivity index (χ2n) is 7.41. The molecule has 0 heterocycles. The van der Waals surface area contributed by atoms with Gasteiger partial charge >= 0.3 is 18.1 Å². The summed E-state index contributed by atoms with van der Waals surface area (Å²) in [6.07, 6.45) is -4.84. The Morgan fingerprint density at radius 3 is 2.12 bits per heavy atom. The molecule has 0 radical (unpaired) electrons. The largest absolute Gasteiger partial charge is 0.493 e. The third kappa shape index (κ3) is 12.0. The first-order chi connectivity index (χ1) is 18.4. The van der Waals surface area contributed by atoms with Crippen molar-refractivity contribution in [2.45, 2.75) is 30.0 Å². The molecule has 7 N–H and O–H groups in total. The van der Waals surface area contributed by atoms with Crippen molar-refractivity contribution < 1.29 is 59.7 Å². The smallest absolute Gasteiger partial charge is 0.490 e. The number of nitrogens with zero attached hydrogens (tertiary/aromatic N) is 1. The van der Waals surface area contributed by atoms with Gasteiger partial charge in [-0.1, -0.05) is 12.1 Å². The standard InChI is InChI=1S/C19H21BrF2N4O6S.C2HF3O2/c20-13-9-15(22)17(10-14(13)21)33(29,30)26-16(18(27)28)8-11-2-4-12(5-3-11)31-6-1-7-32-25-19(23)24;3-2(4,5)1(6)7/h2-5,9-10,16,26H,1,6-8H2,(H,27,28)(H4,23,24,25);(H,6,7)/t16-;/m0./s1. The summed E-state index contributed by atoms with van der Waals surface area (Å²) in [5.41, 5.74) is 10.7. The molecule has 0 aliphatic carbocycles. The Hall–Kier alpha value is -3.71. The highest BCUT2D eigenvalue weighted by Crippen LogP contribution is 2.23. The van der Waals surface area contributed by atoms with E-state index in [1.165, 1.54) is 0 Å². The quantitative estimate of drug-likeness (QED) is 0.0559. The number of oxime groups is 1. The van der Waals surface area contributed by atoms with E-state index in [0.29, 0.717) is 36.5 Å². The van der Waals surface area contributed by atoms with Crippen molar-refractivity contribution in [3.63, 3.8) is 0 Å². The molecule has 2 aromatic carbocycles. The predicted octanol–water partition coefficient (Wildman–Crippen LogP) is 2.31. The number of carboxylic acid groups (broad SMARTS) is 2. The van der Waals surface area contributed by atoms with Crippen molar-refractivity contribution in [1.29, 1.82) is 0 Å². The van der Waals surface area contributed by atoms with Crippen LogP contribution in [0.2, 0.25) is 0 Å². The number of ether oxygens (including phenoxy) is 1. The lowest BCUT2D eigenvalue weighted by atomic mass is 10.1. The number of hydrogen-bond donors (Lipinski definition) is 5. The van der Waals surface area contributed by atoms with Crippen LogP contribution in [0.3, 0.4) is 0 Å². The lowest BCUT2D eigenvalue weighted by Gasteiger charge is -2.16. The lowest BCUT2D eigenvalue weighted by Crippen LogP contribution is -2.42. The Bertz CT molecular complexity index is 1310. The van der Waals surface area contributed by atoms with Crippen LogP contribution in [0, 0.1) is 11.6 Å². The second-order valence-corrected chi connectivity index (χ2v) is 9.95. The molecule has 19 heteroatoms. The first-order valence-corrected chi connectivity index (χ1v) is 12.8. The maximum absolute atomic E-state index is 14.1. The van der Waals surface area contributed by atoms with Crippen molar-refractivity contribution >= 4 is 43.9 Å². The number of rotatable bonds is 12. The molecule has 12 nitrogen and oxygen atoms in total. The van der Waals surface area contributed by atoms with Gasteiger partial charge in [0, 0.05) is 6.42 Å². The van der Waals surface area contributed by atoms with Gasteiger partial charge in [-0.25, -0.2) is 22.0 Å². The summed E-state index contributed by atoms with van der Waals surface area (Å²) in [5.74, 6) is -6.19. The van der Waals surface area contributed by atoms with Crippen molar-refractivity contribution in [3.05, 3.63) is 58.1 Å². The summed E-state index contributed by atoms with van der Waals surface area (Å²) in [7, 11) is -4.66. The molecule has 0 bridgehead atoms. The number of benzene rings is 2. The molecule has 40 heavy (non-hydrogen) atoms. The Morgan fingerprint density at radius 2 is 1.62 bits per heavy atom. The molecule has 0 aromatic heterocycles. The van der Waals surface area contributed by atoms with Gasteiger partial charge < -0.3 is 31.3 Å². The highest BCUT2D eigenvalue weighted by Gasteiger charge is 2.38. The van der Waals surface area contributed by atoms with E-state index in [-0.39, 0.29) is 23.5 Å². The first kappa shape index (κ1) is 34.3.